The van der Waals surface area contributed by atoms with E-state index in [-0.39, 0.29) is 5.92 Å². The van der Waals surface area contributed by atoms with Gasteiger partial charge in [0.1, 0.15) is 8.94 Å². The van der Waals surface area contributed by atoms with E-state index in [1.807, 2.05) is 4.68 Å². The Balaban J connectivity index is 2.00. The van der Waals surface area contributed by atoms with Crippen LogP contribution < -0.4 is 0 Å². The molecule has 21 heavy (non-hydrogen) atoms. The minimum atomic E-state index is -0.596. The summed E-state index contributed by atoms with van der Waals surface area (Å²) >= 11 is 16.0. The summed E-state index contributed by atoms with van der Waals surface area (Å²) < 4.78 is 2.34. The van der Waals surface area contributed by atoms with Crippen molar-refractivity contribution in [1.29, 1.82) is 0 Å². The van der Waals surface area contributed by atoms with Gasteiger partial charge in [0.05, 0.1) is 11.4 Å². The van der Waals surface area contributed by atoms with E-state index in [4.69, 9.17) is 28.3 Å². The van der Waals surface area contributed by atoms with E-state index in [9.17, 15) is 0 Å². The van der Waals surface area contributed by atoms with Crippen molar-refractivity contribution in [3.8, 4) is 5.69 Å². The van der Waals surface area contributed by atoms with E-state index in [1.165, 1.54) is 11.1 Å². The number of halogens is 3. The van der Waals surface area contributed by atoms with Crippen LogP contribution in [0.25, 0.3) is 5.69 Å². The predicted octanol–water partition coefficient (Wildman–Crippen LogP) is 5.56. The fourth-order valence-corrected chi connectivity index (χ4v) is 3.69. The van der Waals surface area contributed by atoms with E-state index in [0.717, 1.165) is 35.2 Å². The van der Waals surface area contributed by atoms with Crippen molar-refractivity contribution >= 4 is 39.1 Å². The molecule has 0 aliphatic heterocycles. The lowest BCUT2D eigenvalue weighted by atomic mass is 10.1. The van der Waals surface area contributed by atoms with Crippen molar-refractivity contribution in [3.05, 3.63) is 45.7 Å². The van der Waals surface area contributed by atoms with E-state index in [2.05, 4.69) is 54.0 Å². The molecule has 1 atom stereocenters. The van der Waals surface area contributed by atoms with Gasteiger partial charge in [-0.05, 0) is 59.0 Å². The third-order valence-corrected chi connectivity index (χ3v) is 5.31. The monoisotopic (exact) mass is 386 g/mol. The van der Waals surface area contributed by atoms with Crippen LogP contribution >= 0.6 is 39.1 Å². The van der Waals surface area contributed by atoms with Crippen molar-refractivity contribution in [1.82, 2.24) is 9.78 Å². The second-order valence-corrected chi connectivity index (χ2v) is 8.04. The normalized spacial score (nSPS) is 19.8. The summed E-state index contributed by atoms with van der Waals surface area (Å²) in [4.78, 5) is 0. The molecule has 3 rings (SSSR count). The van der Waals surface area contributed by atoms with Crippen LogP contribution in [0.2, 0.25) is 0 Å². The Morgan fingerprint density at radius 2 is 2.10 bits per heavy atom. The number of nitrogens with zero attached hydrogens (tertiary/aromatic N) is 2. The highest BCUT2D eigenvalue weighted by Gasteiger charge is 2.52. The van der Waals surface area contributed by atoms with Gasteiger partial charge < -0.3 is 0 Å². The van der Waals surface area contributed by atoms with Gasteiger partial charge in [-0.3, -0.25) is 0 Å². The maximum atomic E-state index is 6.19. The molecule has 0 spiro atoms. The Morgan fingerprint density at radius 1 is 1.38 bits per heavy atom. The lowest BCUT2D eigenvalue weighted by molar-refractivity contribution is 0.793. The Bertz CT molecular complexity index is 679. The summed E-state index contributed by atoms with van der Waals surface area (Å²) in [5, 5.41) is 4.69. The number of alkyl halides is 2. The number of hydrogen-bond acceptors (Lipinski definition) is 1. The molecule has 2 aromatic rings. The zero-order chi connectivity index (χ0) is 15.2. The lowest BCUT2D eigenvalue weighted by Crippen LogP contribution is -2.02. The number of aryl methyl sites for hydroxylation is 2. The highest BCUT2D eigenvalue weighted by molar-refractivity contribution is 9.10. The first kappa shape index (κ1) is 15.4. The molecule has 0 saturated heterocycles. The Labute approximate surface area is 143 Å². The lowest BCUT2D eigenvalue weighted by Gasteiger charge is -2.10. The molecule has 1 aromatic heterocycles. The fourth-order valence-electron chi connectivity index (χ4n) is 2.60. The SMILES string of the molecule is CCCc1cc(Br)n(-c2cc(C3CC3(Cl)Cl)ccc2C)n1. The molecule has 1 aliphatic carbocycles. The van der Waals surface area contributed by atoms with Crippen LogP contribution in [0, 0.1) is 6.92 Å². The summed E-state index contributed by atoms with van der Waals surface area (Å²) in [6.45, 7) is 4.25. The van der Waals surface area contributed by atoms with Crippen LogP contribution in [0.15, 0.2) is 28.9 Å². The molecule has 112 valence electrons. The topological polar surface area (TPSA) is 17.8 Å². The molecule has 1 fully saturated rings. The Hall–Kier alpha value is -0.510. The van der Waals surface area contributed by atoms with Crippen molar-refractivity contribution in [2.75, 3.05) is 0 Å². The van der Waals surface area contributed by atoms with Crippen LogP contribution in [0.5, 0.6) is 0 Å². The number of hydrogen-bond donors (Lipinski definition) is 0. The van der Waals surface area contributed by atoms with E-state index in [0.29, 0.717) is 0 Å². The first-order chi connectivity index (χ1) is 9.92. The second-order valence-electron chi connectivity index (χ2n) is 5.68. The van der Waals surface area contributed by atoms with Gasteiger partial charge in [0, 0.05) is 5.92 Å². The maximum absolute atomic E-state index is 6.19. The highest BCUT2D eigenvalue weighted by atomic mass is 79.9. The number of benzene rings is 1. The summed E-state index contributed by atoms with van der Waals surface area (Å²) in [5.74, 6) is 0.227. The van der Waals surface area contributed by atoms with E-state index < -0.39 is 4.33 Å². The Morgan fingerprint density at radius 3 is 2.71 bits per heavy atom. The van der Waals surface area contributed by atoms with Gasteiger partial charge in [-0.1, -0.05) is 25.5 Å². The van der Waals surface area contributed by atoms with Crippen LogP contribution in [0.3, 0.4) is 0 Å². The Kier molecular flexibility index (Phi) is 4.10. The van der Waals surface area contributed by atoms with Gasteiger partial charge in [-0.2, -0.15) is 5.10 Å². The molecule has 2 nitrogen and oxygen atoms in total. The van der Waals surface area contributed by atoms with Crippen molar-refractivity contribution in [2.45, 2.75) is 43.4 Å². The smallest absolute Gasteiger partial charge is 0.125 e. The van der Waals surface area contributed by atoms with Crippen molar-refractivity contribution in [3.63, 3.8) is 0 Å². The summed E-state index contributed by atoms with van der Waals surface area (Å²) in [7, 11) is 0. The largest absolute Gasteiger partial charge is 0.226 e. The molecule has 0 radical (unpaired) electrons. The van der Waals surface area contributed by atoms with Crippen molar-refractivity contribution < 1.29 is 0 Å². The standard InChI is InChI=1S/C16H17BrCl2N2/c1-3-4-12-8-15(17)21(20-12)14-7-11(6-5-10(14)2)13-9-16(13,18)19/h5-8,13H,3-4,9H2,1-2H3. The van der Waals surface area contributed by atoms with E-state index >= 15 is 0 Å². The molecule has 1 unspecified atom stereocenters. The fraction of sp³-hybridized carbons (Fsp3) is 0.438. The summed E-state index contributed by atoms with van der Waals surface area (Å²) in [6, 6.07) is 8.46. The molecule has 1 aliphatic rings. The molecule has 0 bridgehead atoms. The summed E-state index contributed by atoms with van der Waals surface area (Å²) in [5.41, 5.74) is 4.54. The molecule has 0 N–H and O–H groups in total. The molecular weight excluding hydrogens is 371 g/mol. The maximum Gasteiger partial charge on any atom is 0.125 e. The third kappa shape index (κ3) is 3.01. The summed E-state index contributed by atoms with van der Waals surface area (Å²) in [6.07, 6.45) is 2.89. The van der Waals surface area contributed by atoms with Gasteiger partial charge in [0.25, 0.3) is 0 Å². The zero-order valence-corrected chi connectivity index (χ0v) is 15.1. The minimum Gasteiger partial charge on any atom is -0.226 e. The van der Waals surface area contributed by atoms with Crippen LogP contribution in [0.4, 0.5) is 0 Å². The van der Waals surface area contributed by atoms with Crippen LogP contribution in [-0.4, -0.2) is 14.1 Å². The minimum absolute atomic E-state index is 0.227. The van der Waals surface area contributed by atoms with Gasteiger partial charge in [0.15, 0.2) is 0 Å². The number of rotatable bonds is 4. The molecule has 5 heteroatoms. The van der Waals surface area contributed by atoms with E-state index in [1.54, 1.807) is 0 Å². The first-order valence-electron chi connectivity index (χ1n) is 7.15. The van der Waals surface area contributed by atoms with Gasteiger partial charge in [-0.25, -0.2) is 4.68 Å². The molecule has 1 saturated carbocycles. The van der Waals surface area contributed by atoms with Gasteiger partial charge in [0.2, 0.25) is 0 Å². The quantitative estimate of drug-likeness (QED) is 0.628. The zero-order valence-electron chi connectivity index (χ0n) is 12.0. The molecule has 1 aromatic carbocycles. The number of aromatic nitrogens is 2. The second kappa shape index (κ2) is 5.60. The molecule has 0 amide bonds. The molecule has 1 heterocycles. The average molecular weight is 388 g/mol. The highest BCUT2D eigenvalue weighted by Crippen LogP contribution is 2.59. The van der Waals surface area contributed by atoms with Gasteiger partial charge >= 0.3 is 0 Å². The van der Waals surface area contributed by atoms with Crippen LogP contribution in [0.1, 0.15) is 42.5 Å². The predicted molar refractivity (Wildman–Crippen MR) is 91.8 cm³/mol. The van der Waals surface area contributed by atoms with Crippen LogP contribution in [-0.2, 0) is 6.42 Å². The molecular formula is C16H17BrCl2N2. The average Bonchev–Trinajstić information content (AvgIpc) is 2.89. The third-order valence-electron chi connectivity index (χ3n) is 3.91. The first-order valence-corrected chi connectivity index (χ1v) is 8.70. The van der Waals surface area contributed by atoms with Crippen molar-refractivity contribution in [2.24, 2.45) is 0 Å². The van der Waals surface area contributed by atoms with Gasteiger partial charge in [-0.15, -0.1) is 23.2 Å².